The molecule has 1 N–H and O–H groups in total. The number of para-hydroxylation sites is 1. The van der Waals surface area contributed by atoms with Crippen LogP contribution in [0, 0.1) is 5.92 Å². The predicted octanol–water partition coefficient (Wildman–Crippen LogP) is 4.05. The van der Waals surface area contributed by atoms with E-state index in [1.165, 1.54) is 24.7 Å². The van der Waals surface area contributed by atoms with E-state index in [1.807, 2.05) is 0 Å². The minimum atomic E-state index is -3.33. The zero-order chi connectivity index (χ0) is 24.2. The highest BCUT2D eigenvalue weighted by molar-refractivity contribution is 7.96. The first kappa shape index (κ1) is 24.4. The third-order valence-electron chi connectivity index (χ3n) is 4.62. The number of hydrogen-bond donors (Lipinski definition) is 1. The van der Waals surface area contributed by atoms with Crippen molar-refractivity contribution < 1.29 is 27.3 Å². The molecule has 8 nitrogen and oxygen atoms in total. The van der Waals surface area contributed by atoms with Crippen LogP contribution in [0.1, 0.15) is 42.9 Å². The van der Waals surface area contributed by atoms with Gasteiger partial charge in [0.2, 0.25) is 11.7 Å². The number of nitrogens with zero attached hydrogens (tertiary/aromatic N) is 3. The fourth-order valence-corrected chi connectivity index (χ4v) is 3.97. The number of carbonyl (C=O) groups is 2. The highest BCUT2D eigenvalue weighted by atomic mass is 32.2. The smallest absolute Gasteiger partial charge is 0.303 e. The zero-order valence-electron chi connectivity index (χ0n) is 18.3. The minimum Gasteiger partial charge on any atom is -0.438 e. The Bertz CT molecular complexity index is 1180. The number of amides is 2. The lowest BCUT2D eigenvalue weighted by molar-refractivity contribution is -0.115. The van der Waals surface area contributed by atoms with Gasteiger partial charge < -0.3 is 10.1 Å². The Hall–Kier alpha value is -3.21. The lowest BCUT2D eigenvalue weighted by atomic mass is 10.1. The number of halogens is 2. The molecule has 2 amide bonds. The first-order valence-corrected chi connectivity index (χ1v) is 12.1. The van der Waals surface area contributed by atoms with Crippen LogP contribution in [0.25, 0.3) is 0 Å². The SMILES string of the molecule is CC(=O)N=S(C)(=O)/C=C/C(NC(=O)c1cnc(C(C)(F)F)nc1Oc1ccccc1)C1CC1. The van der Waals surface area contributed by atoms with Crippen molar-refractivity contribution in [3.05, 3.63) is 59.4 Å². The van der Waals surface area contributed by atoms with E-state index >= 15 is 0 Å². The zero-order valence-corrected chi connectivity index (χ0v) is 19.1. The Balaban J connectivity index is 1.89. The van der Waals surface area contributed by atoms with Crippen molar-refractivity contribution in [3.8, 4) is 11.6 Å². The molecule has 1 heterocycles. The van der Waals surface area contributed by atoms with Gasteiger partial charge in [0.15, 0.2) is 0 Å². The molecule has 1 aromatic heterocycles. The molecule has 0 bridgehead atoms. The lowest BCUT2D eigenvalue weighted by Gasteiger charge is -2.17. The summed E-state index contributed by atoms with van der Waals surface area (Å²) in [6.07, 6.45) is 5.54. The van der Waals surface area contributed by atoms with E-state index in [1.54, 1.807) is 30.3 Å². The van der Waals surface area contributed by atoms with Gasteiger partial charge in [-0.25, -0.2) is 9.19 Å². The molecule has 0 saturated heterocycles. The van der Waals surface area contributed by atoms with Crippen molar-refractivity contribution in [2.75, 3.05) is 6.26 Å². The summed E-state index contributed by atoms with van der Waals surface area (Å²) in [5.74, 6) is -5.20. The molecule has 0 aliphatic heterocycles. The van der Waals surface area contributed by atoms with Gasteiger partial charge in [-0.05, 0) is 30.9 Å². The molecule has 1 aliphatic rings. The van der Waals surface area contributed by atoms with Crippen LogP contribution in [0.2, 0.25) is 0 Å². The van der Waals surface area contributed by atoms with Crippen LogP contribution in [-0.4, -0.2) is 38.3 Å². The monoisotopic (exact) mass is 478 g/mol. The van der Waals surface area contributed by atoms with Crippen molar-refractivity contribution >= 4 is 21.5 Å². The van der Waals surface area contributed by atoms with E-state index in [2.05, 4.69) is 19.6 Å². The molecular formula is C22H24F2N4O4S. The molecular weight excluding hydrogens is 454 g/mol. The molecule has 176 valence electrons. The van der Waals surface area contributed by atoms with Gasteiger partial charge in [0.05, 0.1) is 15.8 Å². The van der Waals surface area contributed by atoms with E-state index in [-0.39, 0.29) is 17.4 Å². The molecule has 2 unspecified atom stereocenters. The molecule has 2 aromatic rings. The maximum Gasteiger partial charge on any atom is 0.303 e. The van der Waals surface area contributed by atoms with E-state index in [4.69, 9.17) is 4.74 Å². The van der Waals surface area contributed by atoms with Crippen LogP contribution < -0.4 is 10.1 Å². The summed E-state index contributed by atoms with van der Waals surface area (Å²) in [4.78, 5) is 31.6. The number of alkyl halides is 2. The lowest BCUT2D eigenvalue weighted by Crippen LogP contribution is -2.35. The highest BCUT2D eigenvalue weighted by Crippen LogP contribution is 2.34. The molecule has 1 fully saturated rings. The van der Waals surface area contributed by atoms with Crippen LogP contribution in [-0.2, 0) is 20.4 Å². The molecule has 1 saturated carbocycles. The van der Waals surface area contributed by atoms with Gasteiger partial charge in [0, 0.05) is 31.7 Å². The number of hydrogen-bond acceptors (Lipinski definition) is 6. The molecule has 11 heteroatoms. The van der Waals surface area contributed by atoms with Crippen molar-refractivity contribution in [1.29, 1.82) is 0 Å². The average molecular weight is 479 g/mol. The Morgan fingerprint density at radius 1 is 1.30 bits per heavy atom. The molecule has 33 heavy (non-hydrogen) atoms. The van der Waals surface area contributed by atoms with E-state index < -0.39 is 39.3 Å². The number of rotatable bonds is 8. The largest absolute Gasteiger partial charge is 0.438 e. The topological polar surface area (TPSA) is 111 Å². The molecule has 0 spiro atoms. The Morgan fingerprint density at radius 2 is 1.97 bits per heavy atom. The highest BCUT2D eigenvalue weighted by Gasteiger charge is 2.33. The molecule has 2 atom stereocenters. The van der Waals surface area contributed by atoms with E-state index in [9.17, 15) is 22.6 Å². The molecule has 1 aromatic carbocycles. The number of benzene rings is 1. The Labute approximate surface area is 190 Å². The third kappa shape index (κ3) is 7.14. The van der Waals surface area contributed by atoms with Gasteiger partial charge >= 0.3 is 5.92 Å². The number of nitrogens with one attached hydrogen (secondary N) is 1. The summed E-state index contributed by atoms with van der Waals surface area (Å²) in [7, 11) is -2.89. The van der Waals surface area contributed by atoms with Gasteiger partial charge in [0.25, 0.3) is 11.8 Å². The Morgan fingerprint density at radius 3 is 2.55 bits per heavy atom. The van der Waals surface area contributed by atoms with Crippen LogP contribution in [0.5, 0.6) is 11.6 Å². The fraction of sp³-hybridized carbons (Fsp3) is 0.364. The summed E-state index contributed by atoms with van der Waals surface area (Å²) < 4.78 is 49.1. The van der Waals surface area contributed by atoms with Gasteiger partial charge in [-0.3, -0.25) is 9.59 Å². The average Bonchev–Trinajstić information content (AvgIpc) is 3.55. The van der Waals surface area contributed by atoms with Crippen LogP contribution >= 0.6 is 0 Å². The van der Waals surface area contributed by atoms with E-state index in [0.717, 1.165) is 19.0 Å². The second kappa shape index (κ2) is 9.74. The predicted molar refractivity (Wildman–Crippen MR) is 118 cm³/mol. The summed E-state index contributed by atoms with van der Waals surface area (Å²) >= 11 is 0. The van der Waals surface area contributed by atoms with Crippen molar-refractivity contribution in [2.24, 2.45) is 10.3 Å². The summed E-state index contributed by atoms with van der Waals surface area (Å²) in [6.45, 7) is 1.85. The van der Waals surface area contributed by atoms with Gasteiger partial charge in [-0.15, -0.1) is 0 Å². The standard InChI is InChI=1S/C22H24F2N4O4S/c1-14(29)28-33(3,31)12-11-18(15-9-10-15)26-19(30)17-13-25-21(22(2,23)24)27-20(17)32-16-7-5-4-6-8-16/h4-8,11-13,15,18H,9-10H2,1-3H3,(H,26,30)/b12-11+. The normalized spacial score (nSPS) is 16.6. The first-order chi connectivity index (χ1) is 15.4. The minimum absolute atomic E-state index is 0.108. The van der Waals surface area contributed by atoms with Crippen molar-refractivity contribution in [1.82, 2.24) is 15.3 Å². The maximum absolute atomic E-state index is 13.8. The van der Waals surface area contributed by atoms with Crippen molar-refractivity contribution in [2.45, 2.75) is 38.7 Å². The molecule has 1 aliphatic carbocycles. The summed E-state index contributed by atoms with van der Waals surface area (Å²) in [6, 6.07) is 7.82. The number of carbonyl (C=O) groups excluding carboxylic acids is 2. The van der Waals surface area contributed by atoms with Gasteiger partial charge in [0.1, 0.15) is 11.3 Å². The first-order valence-electron chi connectivity index (χ1n) is 10.1. The second-order valence-corrected chi connectivity index (χ2v) is 10.0. The third-order valence-corrected chi connectivity index (χ3v) is 5.91. The fourth-order valence-electron chi connectivity index (χ4n) is 2.94. The van der Waals surface area contributed by atoms with Crippen LogP contribution in [0.3, 0.4) is 0 Å². The number of aromatic nitrogens is 2. The quantitative estimate of drug-likeness (QED) is 0.613. The molecule has 3 rings (SSSR count). The summed E-state index contributed by atoms with van der Waals surface area (Å²) in [5.41, 5.74) is -0.128. The van der Waals surface area contributed by atoms with Crippen molar-refractivity contribution in [3.63, 3.8) is 0 Å². The van der Waals surface area contributed by atoms with Gasteiger partial charge in [-0.2, -0.15) is 18.1 Å². The van der Waals surface area contributed by atoms with Gasteiger partial charge in [-0.1, -0.05) is 24.3 Å². The van der Waals surface area contributed by atoms with Crippen LogP contribution in [0.15, 0.2) is 52.4 Å². The van der Waals surface area contributed by atoms with Crippen LogP contribution in [0.4, 0.5) is 8.78 Å². The van der Waals surface area contributed by atoms with E-state index in [0.29, 0.717) is 12.7 Å². The molecule has 0 radical (unpaired) electrons. The Kier molecular flexibility index (Phi) is 7.21. The number of ether oxygens (including phenoxy) is 1. The summed E-state index contributed by atoms with van der Waals surface area (Å²) in [5, 5.41) is 4.08. The maximum atomic E-state index is 13.8. The second-order valence-electron chi connectivity index (χ2n) is 7.85.